The number of fused-ring (bicyclic) bond motifs is 1. The van der Waals surface area contributed by atoms with Crippen LogP contribution in [0.2, 0.25) is 0 Å². The van der Waals surface area contributed by atoms with Gasteiger partial charge >= 0.3 is 5.97 Å². The molecule has 1 aromatic heterocycles. The summed E-state index contributed by atoms with van der Waals surface area (Å²) < 4.78 is 10.2. The molecule has 3 aromatic rings. The van der Waals surface area contributed by atoms with Gasteiger partial charge in [0.2, 0.25) is 0 Å². The van der Waals surface area contributed by atoms with E-state index >= 15 is 0 Å². The topological polar surface area (TPSA) is 85.6 Å². The maximum absolute atomic E-state index is 12.5. The van der Waals surface area contributed by atoms with Crippen molar-refractivity contribution in [3.8, 4) is 0 Å². The number of amides is 1. The molecule has 126 valence electrons. The Morgan fingerprint density at radius 2 is 1.72 bits per heavy atom. The van der Waals surface area contributed by atoms with E-state index in [1.165, 1.54) is 7.11 Å². The Morgan fingerprint density at radius 3 is 2.44 bits per heavy atom. The highest BCUT2D eigenvalue weighted by Gasteiger charge is 2.25. The predicted molar refractivity (Wildman–Crippen MR) is 91.1 cm³/mol. The van der Waals surface area contributed by atoms with Crippen molar-refractivity contribution >= 4 is 22.8 Å². The van der Waals surface area contributed by atoms with Crippen molar-refractivity contribution in [3.05, 3.63) is 82.2 Å². The van der Waals surface area contributed by atoms with E-state index in [2.05, 4.69) is 5.32 Å². The standard InChI is InChI=1S/C19H15NO5/c1-24-19(23)17(12-7-3-2-4-8-12)20-18(22)16-11-14(21)13-9-5-6-10-15(13)25-16/h2-11,17H,1H3,(H,20,22). The number of ether oxygens (including phenoxy) is 1. The Hall–Kier alpha value is -3.41. The predicted octanol–water partition coefficient (Wildman–Crippen LogP) is 2.44. The second-order valence-corrected chi connectivity index (χ2v) is 5.31. The van der Waals surface area contributed by atoms with Crippen LogP contribution in [-0.4, -0.2) is 19.0 Å². The summed E-state index contributed by atoms with van der Waals surface area (Å²) in [4.78, 5) is 36.6. The van der Waals surface area contributed by atoms with Gasteiger partial charge in [-0.05, 0) is 17.7 Å². The zero-order chi connectivity index (χ0) is 17.8. The fraction of sp³-hybridized carbons (Fsp3) is 0.105. The quantitative estimate of drug-likeness (QED) is 0.739. The third-order valence-corrected chi connectivity index (χ3v) is 3.70. The van der Waals surface area contributed by atoms with Gasteiger partial charge in [0.05, 0.1) is 12.5 Å². The number of hydrogen-bond acceptors (Lipinski definition) is 5. The molecule has 0 aliphatic rings. The minimum atomic E-state index is -1.00. The van der Waals surface area contributed by atoms with Crippen molar-refractivity contribution in [1.29, 1.82) is 0 Å². The van der Waals surface area contributed by atoms with Crippen LogP contribution < -0.4 is 10.7 Å². The van der Waals surface area contributed by atoms with Crippen molar-refractivity contribution in [2.75, 3.05) is 7.11 Å². The lowest BCUT2D eigenvalue weighted by atomic mass is 10.1. The van der Waals surface area contributed by atoms with Crippen LogP contribution in [0.4, 0.5) is 0 Å². The van der Waals surface area contributed by atoms with E-state index in [0.717, 1.165) is 6.07 Å². The van der Waals surface area contributed by atoms with Gasteiger partial charge in [0.1, 0.15) is 5.58 Å². The molecule has 0 aliphatic carbocycles. The van der Waals surface area contributed by atoms with Gasteiger partial charge in [0, 0.05) is 6.07 Å². The normalized spacial score (nSPS) is 11.7. The van der Waals surface area contributed by atoms with E-state index in [4.69, 9.17) is 9.15 Å². The minimum Gasteiger partial charge on any atom is -0.467 e. The van der Waals surface area contributed by atoms with Crippen LogP contribution in [0.1, 0.15) is 22.2 Å². The molecule has 25 heavy (non-hydrogen) atoms. The largest absolute Gasteiger partial charge is 0.467 e. The van der Waals surface area contributed by atoms with Gasteiger partial charge in [-0.15, -0.1) is 0 Å². The Labute approximate surface area is 143 Å². The fourth-order valence-corrected chi connectivity index (χ4v) is 2.46. The highest BCUT2D eigenvalue weighted by molar-refractivity contribution is 5.96. The van der Waals surface area contributed by atoms with Gasteiger partial charge in [-0.1, -0.05) is 42.5 Å². The first-order chi connectivity index (χ1) is 12.1. The Kier molecular flexibility index (Phi) is 4.61. The molecule has 0 bridgehead atoms. The number of benzene rings is 2. The molecule has 0 saturated heterocycles. The first kappa shape index (κ1) is 16.4. The van der Waals surface area contributed by atoms with E-state index in [0.29, 0.717) is 16.5 Å². The van der Waals surface area contributed by atoms with E-state index < -0.39 is 17.9 Å². The first-order valence-corrected chi connectivity index (χ1v) is 7.56. The number of nitrogens with one attached hydrogen (secondary N) is 1. The molecule has 0 radical (unpaired) electrons. The van der Waals surface area contributed by atoms with Crippen LogP contribution in [0.5, 0.6) is 0 Å². The second-order valence-electron chi connectivity index (χ2n) is 5.31. The summed E-state index contributed by atoms with van der Waals surface area (Å²) in [5.41, 5.74) is 0.529. The number of para-hydroxylation sites is 1. The number of carbonyl (C=O) groups is 2. The van der Waals surface area contributed by atoms with Gasteiger partial charge in [0.25, 0.3) is 5.91 Å². The molecule has 0 aliphatic heterocycles. The molecule has 3 rings (SSSR count). The number of esters is 1. The zero-order valence-electron chi connectivity index (χ0n) is 13.4. The summed E-state index contributed by atoms with van der Waals surface area (Å²) >= 11 is 0. The zero-order valence-corrected chi connectivity index (χ0v) is 13.4. The van der Waals surface area contributed by atoms with Gasteiger partial charge in [0.15, 0.2) is 17.2 Å². The second kappa shape index (κ2) is 7.00. The minimum absolute atomic E-state index is 0.173. The SMILES string of the molecule is COC(=O)C(NC(=O)c1cc(=O)c2ccccc2o1)c1ccccc1. The van der Waals surface area contributed by atoms with Gasteiger partial charge in [-0.25, -0.2) is 4.79 Å². The molecule has 0 saturated carbocycles. The van der Waals surface area contributed by atoms with E-state index in [1.807, 2.05) is 0 Å². The molecule has 6 nitrogen and oxygen atoms in total. The summed E-state index contributed by atoms with van der Waals surface area (Å²) in [6, 6.07) is 15.4. The third kappa shape index (κ3) is 3.42. The van der Waals surface area contributed by atoms with Crippen LogP contribution in [0.25, 0.3) is 11.0 Å². The Balaban J connectivity index is 1.94. The molecule has 2 aromatic carbocycles. The molecule has 0 spiro atoms. The van der Waals surface area contributed by atoms with Crippen LogP contribution in [0.3, 0.4) is 0 Å². The van der Waals surface area contributed by atoms with E-state index in [1.54, 1.807) is 54.6 Å². The fourth-order valence-electron chi connectivity index (χ4n) is 2.46. The lowest BCUT2D eigenvalue weighted by Gasteiger charge is -2.16. The molecule has 6 heteroatoms. The lowest BCUT2D eigenvalue weighted by molar-refractivity contribution is -0.143. The summed E-state index contributed by atoms with van der Waals surface area (Å²) in [5, 5.41) is 2.93. The molecule has 1 unspecified atom stereocenters. The Morgan fingerprint density at radius 1 is 1.04 bits per heavy atom. The van der Waals surface area contributed by atoms with Gasteiger partial charge in [-0.3, -0.25) is 9.59 Å². The van der Waals surface area contributed by atoms with Crippen molar-refractivity contribution < 1.29 is 18.7 Å². The van der Waals surface area contributed by atoms with Crippen molar-refractivity contribution in [2.45, 2.75) is 6.04 Å². The number of carbonyl (C=O) groups excluding carboxylic acids is 2. The summed E-state index contributed by atoms with van der Waals surface area (Å²) in [6.07, 6.45) is 0. The molecule has 1 heterocycles. The number of rotatable bonds is 4. The summed E-state index contributed by atoms with van der Waals surface area (Å²) in [5.74, 6) is -1.47. The molecule has 1 atom stereocenters. The van der Waals surface area contributed by atoms with Crippen molar-refractivity contribution in [3.63, 3.8) is 0 Å². The first-order valence-electron chi connectivity index (χ1n) is 7.56. The monoisotopic (exact) mass is 337 g/mol. The Bertz CT molecular complexity index is 978. The number of methoxy groups -OCH3 is 1. The van der Waals surface area contributed by atoms with Crippen LogP contribution >= 0.6 is 0 Å². The summed E-state index contributed by atoms with van der Waals surface area (Å²) in [7, 11) is 1.24. The number of hydrogen-bond donors (Lipinski definition) is 1. The molecule has 1 amide bonds. The maximum atomic E-state index is 12.5. The average molecular weight is 337 g/mol. The highest BCUT2D eigenvalue weighted by atomic mass is 16.5. The lowest BCUT2D eigenvalue weighted by Crippen LogP contribution is -2.34. The average Bonchev–Trinajstić information content (AvgIpc) is 2.66. The molecule has 1 N–H and O–H groups in total. The maximum Gasteiger partial charge on any atom is 0.333 e. The van der Waals surface area contributed by atoms with E-state index in [-0.39, 0.29) is 11.2 Å². The molecular formula is C19H15NO5. The van der Waals surface area contributed by atoms with Crippen molar-refractivity contribution in [2.24, 2.45) is 0 Å². The smallest absolute Gasteiger partial charge is 0.333 e. The van der Waals surface area contributed by atoms with E-state index in [9.17, 15) is 14.4 Å². The van der Waals surface area contributed by atoms with Crippen LogP contribution in [-0.2, 0) is 9.53 Å². The molecule has 0 fully saturated rings. The summed E-state index contributed by atoms with van der Waals surface area (Å²) in [6.45, 7) is 0. The van der Waals surface area contributed by atoms with Crippen LogP contribution in [0, 0.1) is 0 Å². The van der Waals surface area contributed by atoms with Gasteiger partial charge < -0.3 is 14.5 Å². The molecular weight excluding hydrogens is 322 g/mol. The van der Waals surface area contributed by atoms with Crippen molar-refractivity contribution in [1.82, 2.24) is 5.32 Å². The van der Waals surface area contributed by atoms with Crippen LogP contribution in [0.15, 0.2) is 69.9 Å². The highest BCUT2D eigenvalue weighted by Crippen LogP contribution is 2.16. The van der Waals surface area contributed by atoms with Gasteiger partial charge in [-0.2, -0.15) is 0 Å². The third-order valence-electron chi connectivity index (χ3n) is 3.70.